The Hall–Kier alpha value is -2.37. The van der Waals surface area contributed by atoms with Gasteiger partial charge in [-0.3, -0.25) is 14.3 Å². The summed E-state index contributed by atoms with van der Waals surface area (Å²) in [6.07, 6.45) is 0.102. The molecule has 0 saturated carbocycles. The molecule has 0 aliphatic carbocycles. The Kier molecular flexibility index (Phi) is 4.73. The van der Waals surface area contributed by atoms with Gasteiger partial charge in [-0.1, -0.05) is 39.0 Å². The van der Waals surface area contributed by atoms with Gasteiger partial charge in [-0.05, 0) is 11.5 Å². The van der Waals surface area contributed by atoms with E-state index in [0.29, 0.717) is 12.2 Å². The number of benzene rings is 1. The maximum absolute atomic E-state index is 12.6. The van der Waals surface area contributed by atoms with E-state index in [9.17, 15) is 9.59 Å². The maximum Gasteiger partial charge on any atom is 0.323 e. The van der Waals surface area contributed by atoms with Crippen LogP contribution in [0.25, 0.3) is 10.9 Å². The summed E-state index contributed by atoms with van der Waals surface area (Å²) < 4.78 is 1.74. The molecule has 0 fully saturated rings. The van der Waals surface area contributed by atoms with Gasteiger partial charge in [0, 0.05) is 19.0 Å². The molecule has 23 heavy (non-hydrogen) atoms. The second-order valence-electron chi connectivity index (χ2n) is 6.97. The van der Waals surface area contributed by atoms with Gasteiger partial charge in [0.05, 0.1) is 17.6 Å². The van der Waals surface area contributed by atoms with Crippen LogP contribution in [0.4, 0.5) is 0 Å². The number of para-hydroxylation sites is 1. The normalized spacial score (nSPS) is 11.7. The monoisotopic (exact) mass is 317 g/mol. The van der Waals surface area contributed by atoms with Gasteiger partial charge in [0.15, 0.2) is 0 Å². The lowest BCUT2D eigenvalue weighted by molar-refractivity contribution is -0.145. The first-order valence-corrected chi connectivity index (χ1v) is 7.57. The first-order chi connectivity index (χ1) is 10.7. The average Bonchev–Trinajstić information content (AvgIpc) is 2.73. The molecular weight excluding hydrogens is 294 g/mol. The SMILES string of the molecule is Cn1nc(CC(=O)N(CC(=O)O)CC(C)(C)C)c2ccccc21. The number of carboxylic acid groups (broad SMARTS) is 1. The second-order valence-corrected chi connectivity index (χ2v) is 6.97. The first-order valence-electron chi connectivity index (χ1n) is 7.57. The number of aliphatic carboxylic acids is 1. The van der Waals surface area contributed by atoms with Crippen molar-refractivity contribution in [1.29, 1.82) is 0 Å². The van der Waals surface area contributed by atoms with Crippen LogP contribution in [0.15, 0.2) is 24.3 Å². The lowest BCUT2D eigenvalue weighted by Gasteiger charge is -2.28. The molecular formula is C17H23N3O3. The summed E-state index contributed by atoms with van der Waals surface area (Å²) in [4.78, 5) is 25.0. The van der Waals surface area contributed by atoms with E-state index in [4.69, 9.17) is 5.11 Å². The number of carbonyl (C=O) groups excluding carboxylic acids is 1. The zero-order valence-electron chi connectivity index (χ0n) is 14.0. The maximum atomic E-state index is 12.6. The number of fused-ring (bicyclic) bond motifs is 1. The van der Waals surface area contributed by atoms with Crippen LogP contribution in [0.1, 0.15) is 26.5 Å². The van der Waals surface area contributed by atoms with E-state index < -0.39 is 5.97 Å². The molecule has 0 unspecified atom stereocenters. The first kappa shape index (κ1) is 17.0. The summed E-state index contributed by atoms with van der Waals surface area (Å²) in [7, 11) is 1.83. The number of nitrogens with zero attached hydrogens (tertiary/aromatic N) is 3. The van der Waals surface area contributed by atoms with Gasteiger partial charge < -0.3 is 10.0 Å². The van der Waals surface area contributed by atoms with Crippen molar-refractivity contribution < 1.29 is 14.7 Å². The highest BCUT2D eigenvalue weighted by Gasteiger charge is 2.24. The van der Waals surface area contributed by atoms with Gasteiger partial charge >= 0.3 is 5.97 Å². The standard InChI is InChI=1S/C17H23N3O3/c1-17(2,3)11-20(10-16(22)23)15(21)9-13-12-7-5-6-8-14(12)19(4)18-13/h5-8H,9-11H2,1-4H3,(H,22,23). The second kappa shape index (κ2) is 6.40. The third-order valence-electron chi connectivity index (χ3n) is 3.50. The lowest BCUT2D eigenvalue weighted by atomic mass is 9.95. The molecule has 1 heterocycles. The third kappa shape index (κ3) is 4.31. The van der Waals surface area contributed by atoms with E-state index in [0.717, 1.165) is 10.9 Å². The molecule has 0 aliphatic heterocycles. The minimum absolute atomic E-state index is 0.102. The number of aromatic nitrogens is 2. The zero-order valence-corrected chi connectivity index (χ0v) is 14.0. The van der Waals surface area contributed by atoms with Crippen molar-refractivity contribution in [2.75, 3.05) is 13.1 Å². The van der Waals surface area contributed by atoms with Crippen molar-refractivity contribution in [3.8, 4) is 0 Å². The Morgan fingerprint density at radius 3 is 2.52 bits per heavy atom. The van der Waals surface area contributed by atoms with Gasteiger partial charge in [-0.15, -0.1) is 0 Å². The van der Waals surface area contributed by atoms with Crippen molar-refractivity contribution in [2.45, 2.75) is 27.2 Å². The summed E-state index contributed by atoms with van der Waals surface area (Å²) in [5.74, 6) is -1.22. The van der Waals surface area contributed by atoms with E-state index in [1.54, 1.807) is 4.68 Å². The lowest BCUT2D eigenvalue weighted by Crippen LogP contribution is -2.41. The number of rotatable bonds is 5. The van der Waals surface area contributed by atoms with E-state index in [-0.39, 0.29) is 24.3 Å². The Morgan fingerprint density at radius 1 is 1.26 bits per heavy atom. The van der Waals surface area contributed by atoms with Crippen LogP contribution in [0.3, 0.4) is 0 Å². The molecule has 0 saturated heterocycles. The number of hydrogen-bond donors (Lipinski definition) is 1. The molecule has 1 aromatic carbocycles. The van der Waals surface area contributed by atoms with Gasteiger partial charge in [0.2, 0.25) is 5.91 Å². The quantitative estimate of drug-likeness (QED) is 0.916. The fourth-order valence-electron chi connectivity index (χ4n) is 2.64. The highest BCUT2D eigenvalue weighted by atomic mass is 16.4. The largest absolute Gasteiger partial charge is 0.480 e. The molecule has 0 aliphatic rings. The molecule has 0 atom stereocenters. The Labute approximate surface area is 135 Å². The van der Waals surface area contributed by atoms with Crippen LogP contribution in [0, 0.1) is 5.41 Å². The third-order valence-corrected chi connectivity index (χ3v) is 3.50. The van der Waals surface area contributed by atoms with Crippen LogP contribution in [0.5, 0.6) is 0 Å². The summed E-state index contributed by atoms with van der Waals surface area (Å²) in [6.45, 7) is 6.03. The Bertz CT molecular complexity index is 728. The summed E-state index contributed by atoms with van der Waals surface area (Å²) in [5.41, 5.74) is 1.46. The molecule has 0 radical (unpaired) electrons. The highest BCUT2D eigenvalue weighted by molar-refractivity contribution is 5.89. The predicted molar refractivity (Wildman–Crippen MR) is 88.1 cm³/mol. The number of carbonyl (C=O) groups is 2. The van der Waals surface area contributed by atoms with E-state index in [2.05, 4.69) is 5.10 Å². The number of aryl methyl sites for hydroxylation is 1. The van der Waals surface area contributed by atoms with E-state index in [1.165, 1.54) is 4.90 Å². The summed E-state index contributed by atoms with van der Waals surface area (Å²) in [6, 6.07) is 7.70. The molecule has 1 aromatic heterocycles. The van der Waals surface area contributed by atoms with Gasteiger partial charge in [-0.2, -0.15) is 5.10 Å². The van der Waals surface area contributed by atoms with Crippen molar-refractivity contribution in [1.82, 2.24) is 14.7 Å². The zero-order chi connectivity index (χ0) is 17.2. The van der Waals surface area contributed by atoms with Crippen LogP contribution in [0.2, 0.25) is 0 Å². The Morgan fingerprint density at radius 2 is 1.91 bits per heavy atom. The molecule has 6 nitrogen and oxygen atoms in total. The van der Waals surface area contributed by atoms with Crippen molar-refractivity contribution in [3.05, 3.63) is 30.0 Å². The molecule has 0 bridgehead atoms. The smallest absolute Gasteiger partial charge is 0.323 e. The van der Waals surface area contributed by atoms with Crippen LogP contribution in [-0.4, -0.2) is 44.8 Å². The van der Waals surface area contributed by atoms with Gasteiger partial charge in [0.1, 0.15) is 6.54 Å². The number of hydrogen-bond acceptors (Lipinski definition) is 3. The van der Waals surface area contributed by atoms with Crippen molar-refractivity contribution >= 4 is 22.8 Å². The van der Waals surface area contributed by atoms with Crippen LogP contribution >= 0.6 is 0 Å². The molecule has 1 N–H and O–H groups in total. The fourth-order valence-corrected chi connectivity index (χ4v) is 2.64. The summed E-state index contributed by atoms with van der Waals surface area (Å²) in [5, 5.41) is 14.4. The Balaban J connectivity index is 2.24. The molecule has 0 spiro atoms. The van der Waals surface area contributed by atoms with Gasteiger partial charge in [0.25, 0.3) is 0 Å². The minimum atomic E-state index is -1.01. The van der Waals surface area contributed by atoms with Gasteiger partial charge in [-0.25, -0.2) is 0 Å². The van der Waals surface area contributed by atoms with Crippen LogP contribution < -0.4 is 0 Å². The topological polar surface area (TPSA) is 75.4 Å². The van der Waals surface area contributed by atoms with E-state index in [1.807, 2.05) is 52.1 Å². The molecule has 1 amide bonds. The predicted octanol–water partition coefficient (Wildman–Crippen LogP) is 2.08. The minimum Gasteiger partial charge on any atom is -0.480 e. The number of amides is 1. The summed E-state index contributed by atoms with van der Waals surface area (Å²) >= 11 is 0. The van der Waals surface area contributed by atoms with E-state index >= 15 is 0 Å². The molecule has 124 valence electrons. The van der Waals surface area contributed by atoms with Crippen LogP contribution in [-0.2, 0) is 23.1 Å². The number of carboxylic acids is 1. The molecule has 2 aromatic rings. The highest BCUT2D eigenvalue weighted by Crippen LogP contribution is 2.20. The molecule has 6 heteroatoms. The van der Waals surface area contributed by atoms with Crippen molar-refractivity contribution in [3.63, 3.8) is 0 Å². The van der Waals surface area contributed by atoms with Crippen molar-refractivity contribution in [2.24, 2.45) is 12.5 Å². The average molecular weight is 317 g/mol. The fraction of sp³-hybridized carbons (Fsp3) is 0.471. The molecule has 2 rings (SSSR count).